The molecule has 0 fully saturated rings. The van der Waals surface area contributed by atoms with Gasteiger partial charge in [-0.25, -0.2) is 19.3 Å². The number of nitrogens with one attached hydrogen (secondary N) is 2. The molecule has 0 aliphatic heterocycles. The molecule has 1 amide bonds. The molecule has 3 aromatic heterocycles. The Morgan fingerprint density at radius 3 is 2.63 bits per heavy atom. The minimum atomic E-state index is -4.62. The molecule has 0 unspecified atom stereocenters. The van der Waals surface area contributed by atoms with Crippen molar-refractivity contribution in [2.75, 3.05) is 24.1 Å². The van der Waals surface area contributed by atoms with Crippen molar-refractivity contribution in [1.29, 1.82) is 0 Å². The van der Waals surface area contributed by atoms with E-state index in [-0.39, 0.29) is 5.56 Å². The summed E-state index contributed by atoms with van der Waals surface area (Å²) < 4.78 is 45.9. The Morgan fingerprint density at radius 1 is 1.23 bits per heavy atom. The second kappa shape index (κ2) is 7.97. The zero-order chi connectivity index (χ0) is 22.1. The molecule has 0 aromatic carbocycles. The fourth-order valence-corrected chi connectivity index (χ4v) is 3.25. The molecule has 3 aromatic rings. The maximum Gasteiger partial charge on any atom is 0.419 e. The van der Waals surface area contributed by atoms with Gasteiger partial charge in [0.1, 0.15) is 11.4 Å². The number of carbonyl (C=O) groups excluding carboxylic acids is 1. The van der Waals surface area contributed by atoms with E-state index >= 15 is 0 Å². The Bertz CT molecular complexity index is 1060. The Morgan fingerprint density at radius 2 is 1.97 bits per heavy atom. The number of fused-ring (bicyclic) bond motifs is 1. The standard InChI is InChI=1S/C17H20F3N7O2S/c1-16(2,3)29-15(28)23-5-4-22-13-26-27-11(8-25-14(27)30-13)9-6-10(17(18,19)20)12(21)24-7-9/h6-8H,4-5H2,1-3H3,(H2,21,24)(H,22,26)(H,23,28). The zero-order valence-corrected chi connectivity index (χ0v) is 17.2. The Hall–Kier alpha value is -3.09. The molecule has 3 rings (SSSR count). The van der Waals surface area contributed by atoms with Crippen LogP contribution in [-0.4, -0.2) is 44.4 Å². The maximum absolute atomic E-state index is 13.1. The number of hydrogen-bond donors (Lipinski definition) is 3. The topological polar surface area (TPSA) is 119 Å². The van der Waals surface area contributed by atoms with Gasteiger partial charge in [0.15, 0.2) is 0 Å². The van der Waals surface area contributed by atoms with Crippen LogP contribution < -0.4 is 16.4 Å². The van der Waals surface area contributed by atoms with E-state index in [2.05, 4.69) is 25.7 Å². The Labute approximate surface area is 173 Å². The van der Waals surface area contributed by atoms with Crippen molar-refractivity contribution in [2.24, 2.45) is 0 Å². The molecule has 13 heteroatoms. The first-order valence-corrected chi connectivity index (χ1v) is 9.64. The Balaban J connectivity index is 1.69. The van der Waals surface area contributed by atoms with Crippen molar-refractivity contribution in [3.8, 4) is 11.3 Å². The first-order valence-electron chi connectivity index (χ1n) is 8.82. The summed E-state index contributed by atoms with van der Waals surface area (Å²) in [5.74, 6) is -0.592. The number of ether oxygens (including phenoxy) is 1. The van der Waals surface area contributed by atoms with Crippen molar-refractivity contribution in [1.82, 2.24) is 24.9 Å². The van der Waals surface area contributed by atoms with Crippen LogP contribution in [0, 0.1) is 0 Å². The third-order valence-electron chi connectivity index (χ3n) is 3.67. The van der Waals surface area contributed by atoms with Crippen LogP contribution >= 0.6 is 11.3 Å². The molecule has 0 radical (unpaired) electrons. The van der Waals surface area contributed by atoms with Crippen LogP contribution in [0.3, 0.4) is 0 Å². The summed E-state index contributed by atoms with van der Waals surface area (Å²) in [6, 6.07) is 0.920. The first kappa shape index (κ1) is 21.6. The largest absolute Gasteiger partial charge is 0.444 e. The maximum atomic E-state index is 13.1. The summed E-state index contributed by atoms with van der Waals surface area (Å²) in [6.45, 7) is 5.96. The van der Waals surface area contributed by atoms with Crippen LogP contribution in [0.25, 0.3) is 16.2 Å². The van der Waals surface area contributed by atoms with Gasteiger partial charge in [-0.15, -0.1) is 5.10 Å². The van der Waals surface area contributed by atoms with Crippen molar-refractivity contribution >= 4 is 33.3 Å². The number of halogens is 3. The number of nitrogens with zero attached hydrogens (tertiary/aromatic N) is 4. The molecular weight excluding hydrogens is 423 g/mol. The lowest BCUT2D eigenvalue weighted by molar-refractivity contribution is -0.137. The summed E-state index contributed by atoms with van der Waals surface area (Å²) in [7, 11) is 0. The van der Waals surface area contributed by atoms with E-state index < -0.39 is 29.3 Å². The molecule has 30 heavy (non-hydrogen) atoms. The molecule has 3 heterocycles. The molecule has 162 valence electrons. The van der Waals surface area contributed by atoms with Crippen LogP contribution in [0.5, 0.6) is 0 Å². The highest BCUT2D eigenvalue weighted by atomic mass is 32.1. The number of rotatable bonds is 5. The smallest absolute Gasteiger partial charge is 0.419 e. The first-order chi connectivity index (χ1) is 13.9. The van der Waals surface area contributed by atoms with E-state index in [0.29, 0.717) is 28.9 Å². The predicted molar refractivity (Wildman–Crippen MR) is 106 cm³/mol. The van der Waals surface area contributed by atoms with Gasteiger partial charge < -0.3 is 21.1 Å². The number of carbonyl (C=O) groups is 1. The fraction of sp³-hybridized carbons (Fsp3) is 0.412. The second-order valence-corrected chi connectivity index (χ2v) is 8.21. The lowest BCUT2D eigenvalue weighted by Crippen LogP contribution is -2.34. The number of aromatic nitrogens is 4. The van der Waals surface area contributed by atoms with E-state index in [1.807, 2.05) is 0 Å². The summed E-state index contributed by atoms with van der Waals surface area (Å²) in [4.78, 5) is 19.9. The van der Waals surface area contributed by atoms with Gasteiger partial charge >= 0.3 is 12.3 Å². The van der Waals surface area contributed by atoms with E-state index in [4.69, 9.17) is 10.5 Å². The van der Waals surface area contributed by atoms with Crippen molar-refractivity contribution in [3.05, 3.63) is 24.0 Å². The van der Waals surface area contributed by atoms with Gasteiger partial charge in [-0.3, -0.25) is 0 Å². The summed E-state index contributed by atoms with van der Waals surface area (Å²) >= 11 is 1.21. The van der Waals surface area contributed by atoms with Gasteiger partial charge in [-0.2, -0.15) is 13.2 Å². The quantitative estimate of drug-likeness (QED) is 0.517. The molecule has 0 saturated heterocycles. The lowest BCUT2D eigenvalue weighted by atomic mass is 10.1. The number of nitrogen functional groups attached to an aromatic ring is 1. The summed E-state index contributed by atoms with van der Waals surface area (Å²) in [6.07, 6.45) is -2.49. The van der Waals surface area contributed by atoms with Crippen LogP contribution in [0.1, 0.15) is 26.3 Å². The SMILES string of the molecule is CC(C)(C)OC(=O)NCCNc1nn2c(-c3cnc(N)c(C(F)(F)F)c3)cnc2s1. The van der Waals surface area contributed by atoms with Gasteiger partial charge in [0.05, 0.1) is 17.5 Å². The van der Waals surface area contributed by atoms with Crippen LogP contribution in [0.4, 0.5) is 28.9 Å². The number of pyridine rings is 1. The summed E-state index contributed by atoms with van der Waals surface area (Å²) in [5, 5.41) is 10.4. The molecule has 0 spiro atoms. The third-order valence-corrected chi connectivity index (χ3v) is 4.55. The molecule has 0 aliphatic carbocycles. The molecule has 0 atom stereocenters. The molecule has 0 aliphatic rings. The van der Waals surface area contributed by atoms with Crippen molar-refractivity contribution in [3.63, 3.8) is 0 Å². The van der Waals surface area contributed by atoms with Crippen LogP contribution in [0.2, 0.25) is 0 Å². The third kappa shape index (κ3) is 5.09. The lowest BCUT2D eigenvalue weighted by Gasteiger charge is -2.19. The number of imidazole rings is 1. The van der Waals surface area contributed by atoms with Gasteiger partial charge in [0, 0.05) is 24.8 Å². The molecule has 0 bridgehead atoms. The highest BCUT2D eigenvalue weighted by Gasteiger charge is 2.34. The average Bonchev–Trinajstić information content (AvgIpc) is 3.17. The Kier molecular flexibility index (Phi) is 5.74. The molecule has 0 saturated carbocycles. The molecular formula is C17H20F3N7O2S. The number of hydrogen-bond acceptors (Lipinski definition) is 8. The van der Waals surface area contributed by atoms with Crippen molar-refractivity contribution < 1.29 is 22.7 Å². The van der Waals surface area contributed by atoms with Gasteiger partial charge in [-0.05, 0) is 26.8 Å². The summed E-state index contributed by atoms with van der Waals surface area (Å²) in [5.41, 5.74) is 4.28. The number of anilines is 2. The number of amides is 1. The number of nitrogens with two attached hydrogens (primary N) is 1. The fourth-order valence-electron chi connectivity index (χ4n) is 2.45. The molecule has 9 nitrogen and oxygen atoms in total. The number of alkyl carbamates (subject to hydrolysis) is 1. The zero-order valence-electron chi connectivity index (χ0n) is 16.4. The van der Waals surface area contributed by atoms with E-state index in [9.17, 15) is 18.0 Å². The molecule has 4 N–H and O–H groups in total. The van der Waals surface area contributed by atoms with Gasteiger partial charge in [0.2, 0.25) is 10.1 Å². The van der Waals surface area contributed by atoms with E-state index in [1.54, 1.807) is 20.8 Å². The van der Waals surface area contributed by atoms with Gasteiger partial charge in [0.25, 0.3) is 0 Å². The monoisotopic (exact) mass is 443 g/mol. The van der Waals surface area contributed by atoms with E-state index in [1.165, 1.54) is 28.2 Å². The minimum Gasteiger partial charge on any atom is -0.444 e. The van der Waals surface area contributed by atoms with Crippen LogP contribution in [-0.2, 0) is 10.9 Å². The average molecular weight is 443 g/mol. The number of alkyl halides is 3. The minimum absolute atomic E-state index is 0.187. The van der Waals surface area contributed by atoms with E-state index in [0.717, 1.165) is 6.07 Å². The normalized spacial score (nSPS) is 12.2. The van der Waals surface area contributed by atoms with Crippen molar-refractivity contribution in [2.45, 2.75) is 32.5 Å². The highest BCUT2D eigenvalue weighted by Crippen LogP contribution is 2.35. The van der Waals surface area contributed by atoms with Crippen LogP contribution in [0.15, 0.2) is 18.5 Å². The second-order valence-electron chi connectivity index (χ2n) is 7.26. The predicted octanol–water partition coefficient (Wildman–Crippen LogP) is 3.39. The van der Waals surface area contributed by atoms with Gasteiger partial charge in [-0.1, -0.05) is 11.3 Å². The highest BCUT2D eigenvalue weighted by molar-refractivity contribution is 7.20.